The van der Waals surface area contributed by atoms with Crippen LogP contribution in [0.4, 0.5) is 5.69 Å². The minimum Gasteiger partial charge on any atom is -0.325 e. The molecular formula is C13H17Cl2NO3S. The molecule has 0 aromatic heterocycles. The van der Waals surface area contributed by atoms with E-state index in [1.54, 1.807) is 6.92 Å². The van der Waals surface area contributed by atoms with Gasteiger partial charge in [0, 0.05) is 17.1 Å². The van der Waals surface area contributed by atoms with Crippen LogP contribution in [0.5, 0.6) is 0 Å². The van der Waals surface area contributed by atoms with Crippen molar-refractivity contribution in [3.63, 3.8) is 0 Å². The monoisotopic (exact) mass is 337 g/mol. The maximum atomic E-state index is 11.8. The average molecular weight is 338 g/mol. The fraction of sp³-hybridized carbons (Fsp3) is 0.462. The van der Waals surface area contributed by atoms with Gasteiger partial charge in [-0.05, 0) is 37.0 Å². The number of carbonyl (C=O) groups is 1. The van der Waals surface area contributed by atoms with Crippen LogP contribution in [0, 0.1) is 12.8 Å². The summed E-state index contributed by atoms with van der Waals surface area (Å²) in [6.45, 7) is 5.73. The van der Waals surface area contributed by atoms with Gasteiger partial charge in [-0.25, -0.2) is 8.42 Å². The summed E-state index contributed by atoms with van der Waals surface area (Å²) in [6, 6.07) is 2.61. The van der Waals surface area contributed by atoms with E-state index >= 15 is 0 Å². The van der Waals surface area contributed by atoms with Gasteiger partial charge in [-0.2, -0.15) is 0 Å². The SMILES string of the molecule is Cc1cc(S(=O)(=O)Cl)cc(Cl)c1NC(=O)CCC(C)C. The van der Waals surface area contributed by atoms with Crippen molar-refractivity contribution in [2.24, 2.45) is 5.92 Å². The number of hydrogen-bond donors (Lipinski definition) is 1. The Kier molecular flexibility index (Phi) is 5.86. The number of nitrogens with one attached hydrogen (secondary N) is 1. The van der Waals surface area contributed by atoms with Crippen LogP contribution in [0.3, 0.4) is 0 Å². The third-order valence-electron chi connectivity index (χ3n) is 2.76. The summed E-state index contributed by atoms with van der Waals surface area (Å²) in [6.07, 6.45) is 1.17. The maximum Gasteiger partial charge on any atom is 0.261 e. The molecule has 0 aliphatic carbocycles. The van der Waals surface area contributed by atoms with E-state index in [1.807, 2.05) is 13.8 Å². The molecular weight excluding hydrogens is 321 g/mol. The van der Waals surface area contributed by atoms with Crippen LogP contribution in [0.25, 0.3) is 0 Å². The number of halogens is 2. The quantitative estimate of drug-likeness (QED) is 0.827. The minimum absolute atomic E-state index is 0.0816. The first-order valence-electron chi connectivity index (χ1n) is 6.16. The Hall–Kier alpha value is -0.780. The number of hydrogen-bond acceptors (Lipinski definition) is 3. The van der Waals surface area contributed by atoms with Crippen LogP contribution in [0.1, 0.15) is 32.3 Å². The smallest absolute Gasteiger partial charge is 0.261 e. The van der Waals surface area contributed by atoms with Crippen molar-refractivity contribution in [2.75, 3.05) is 5.32 Å². The zero-order chi connectivity index (χ0) is 15.5. The van der Waals surface area contributed by atoms with Crippen LogP contribution >= 0.6 is 22.3 Å². The summed E-state index contributed by atoms with van der Waals surface area (Å²) in [5.74, 6) is 0.284. The second kappa shape index (κ2) is 6.78. The zero-order valence-corrected chi connectivity index (χ0v) is 13.9. The second-order valence-corrected chi connectivity index (χ2v) is 7.99. The lowest BCUT2D eigenvalue weighted by atomic mass is 10.1. The zero-order valence-electron chi connectivity index (χ0n) is 11.5. The van der Waals surface area contributed by atoms with Gasteiger partial charge in [0.15, 0.2) is 0 Å². The Morgan fingerprint density at radius 1 is 1.35 bits per heavy atom. The maximum absolute atomic E-state index is 11.8. The Balaban J connectivity index is 2.95. The van der Waals surface area contributed by atoms with Gasteiger partial charge in [0.1, 0.15) is 0 Å². The Morgan fingerprint density at radius 3 is 2.40 bits per heavy atom. The van der Waals surface area contributed by atoms with Gasteiger partial charge >= 0.3 is 0 Å². The molecule has 1 rings (SSSR count). The number of benzene rings is 1. The Labute approximate surface area is 128 Å². The summed E-state index contributed by atoms with van der Waals surface area (Å²) in [7, 11) is 1.43. The molecule has 0 fully saturated rings. The van der Waals surface area contributed by atoms with Crippen molar-refractivity contribution in [3.05, 3.63) is 22.7 Å². The highest BCUT2D eigenvalue weighted by Crippen LogP contribution is 2.30. The van der Waals surface area contributed by atoms with Crippen LogP contribution in [-0.2, 0) is 13.8 Å². The largest absolute Gasteiger partial charge is 0.325 e. The van der Waals surface area contributed by atoms with Crippen molar-refractivity contribution in [3.8, 4) is 0 Å². The van der Waals surface area contributed by atoms with E-state index in [4.69, 9.17) is 22.3 Å². The molecule has 4 nitrogen and oxygen atoms in total. The van der Waals surface area contributed by atoms with Gasteiger partial charge in [0.25, 0.3) is 9.05 Å². The number of carbonyl (C=O) groups excluding carboxylic acids is 1. The third-order valence-corrected chi connectivity index (χ3v) is 4.39. The number of amides is 1. The molecule has 20 heavy (non-hydrogen) atoms. The van der Waals surface area contributed by atoms with E-state index in [0.29, 0.717) is 23.6 Å². The molecule has 1 aromatic carbocycles. The Morgan fingerprint density at radius 2 is 1.95 bits per heavy atom. The second-order valence-electron chi connectivity index (χ2n) is 5.02. The first-order chi connectivity index (χ1) is 9.11. The van der Waals surface area contributed by atoms with E-state index in [1.165, 1.54) is 12.1 Å². The first kappa shape index (κ1) is 17.3. The van der Waals surface area contributed by atoms with Gasteiger partial charge in [-0.15, -0.1) is 0 Å². The molecule has 0 saturated carbocycles. The van der Waals surface area contributed by atoms with Crippen LogP contribution < -0.4 is 5.32 Å². The fourth-order valence-corrected chi connectivity index (χ4v) is 2.86. The van der Waals surface area contributed by atoms with Crippen molar-refractivity contribution in [1.29, 1.82) is 0 Å². The summed E-state index contributed by atoms with van der Waals surface area (Å²) in [4.78, 5) is 11.7. The summed E-state index contributed by atoms with van der Waals surface area (Å²) in [5.41, 5.74) is 0.971. The van der Waals surface area contributed by atoms with Crippen molar-refractivity contribution in [1.82, 2.24) is 0 Å². The molecule has 0 aliphatic heterocycles. The van der Waals surface area contributed by atoms with Gasteiger partial charge in [0.05, 0.1) is 15.6 Å². The molecule has 0 heterocycles. The standard InChI is InChI=1S/C13H17Cl2NO3S/c1-8(2)4-5-12(17)16-13-9(3)6-10(7-11(13)14)20(15,18)19/h6-8H,4-5H2,1-3H3,(H,16,17). The van der Waals surface area contributed by atoms with Crippen molar-refractivity contribution < 1.29 is 13.2 Å². The lowest BCUT2D eigenvalue weighted by Gasteiger charge is -2.12. The molecule has 0 aliphatic rings. The number of aryl methyl sites for hydroxylation is 1. The number of anilines is 1. The Bertz CT molecular complexity index is 589. The molecule has 0 unspecified atom stereocenters. The number of rotatable bonds is 5. The molecule has 112 valence electrons. The molecule has 1 aromatic rings. The summed E-state index contributed by atoms with van der Waals surface area (Å²) < 4.78 is 22.5. The molecule has 7 heteroatoms. The predicted octanol–water partition coefficient (Wildman–Crippen LogP) is 3.95. The topological polar surface area (TPSA) is 63.2 Å². The molecule has 0 radical (unpaired) electrons. The minimum atomic E-state index is -3.84. The molecule has 0 saturated heterocycles. The molecule has 0 spiro atoms. The van der Waals surface area contributed by atoms with E-state index in [0.717, 1.165) is 6.42 Å². The van der Waals surface area contributed by atoms with Gasteiger partial charge in [-0.1, -0.05) is 25.4 Å². The highest BCUT2D eigenvalue weighted by molar-refractivity contribution is 8.13. The fourth-order valence-electron chi connectivity index (χ4n) is 1.63. The lowest BCUT2D eigenvalue weighted by Crippen LogP contribution is -2.13. The molecule has 0 atom stereocenters. The molecule has 1 amide bonds. The van der Waals surface area contributed by atoms with Gasteiger partial charge < -0.3 is 5.32 Å². The average Bonchev–Trinajstić information content (AvgIpc) is 2.29. The van der Waals surface area contributed by atoms with Crippen molar-refractivity contribution in [2.45, 2.75) is 38.5 Å². The highest BCUT2D eigenvalue weighted by atomic mass is 35.7. The van der Waals surface area contributed by atoms with Crippen LogP contribution in [0.2, 0.25) is 5.02 Å². The first-order valence-corrected chi connectivity index (χ1v) is 8.84. The normalized spacial score (nSPS) is 11.7. The van der Waals surface area contributed by atoms with Gasteiger partial charge in [-0.3, -0.25) is 4.79 Å². The van der Waals surface area contributed by atoms with Crippen molar-refractivity contribution >= 4 is 42.9 Å². The lowest BCUT2D eigenvalue weighted by molar-refractivity contribution is -0.116. The van der Waals surface area contributed by atoms with Crippen LogP contribution in [-0.4, -0.2) is 14.3 Å². The van der Waals surface area contributed by atoms with Crippen LogP contribution in [0.15, 0.2) is 17.0 Å². The van der Waals surface area contributed by atoms with E-state index in [9.17, 15) is 13.2 Å². The summed E-state index contributed by atoms with van der Waals surface area (Å²) in [5, 5.41) is 2.86. The predicted molar refractivity (Wildman–Crippen MR) is 81.9 cm³/mol. The molecule has 0 bridgehead atoms. The summed E-state index contributed by atoms with van der Waals surface area (Å²) >= 11 is 6.01. The highest BCUT2D eigenvalue weighted by Gasteiger charge is 2.16. The molecule has 1 N–H and O–H groups in total. The van der Waals surface area contributed by atoms with E-state index in [2.05, 4.69) is 5.32 Å². The van der Waals surface area contributed by atoms with E-state index in [-0.39, 0.29) is 15.8 Å². The van der Waals surface area contributed by atoms with Gasteiger partial charge in [0.2, 0.25) is 5.91 Å². The third kappa shape index (κ3) is 4.96. The van der Waals surface area contributed by atoms with E-state index < -0.39 is 9.05 Å².